The van der Waals surface area contributed by atoms with Gasteiger partial charge in [0.05, 0.1) is 22.8 Å². The van der Waals surface area contributed by atoms with Gasteiger partial charge in [0.1, 0.15) is 42.8 Å². The molecular formula is C32H40N5O9P. The lowest BCUT2D eigenvalue weighted by molar-refractivity contribution is -0.159. The van der Waals surface area contributed by atoms with E-state index in [1.165, 1.54) is 29.8 Å². The van der Waals surface area contributed by atoms with Gasteiger partial charge < -0.3 is 29.6 Å². The second-order valence-electron chi connectivity index (χ2n) is 12.1. The van der Waals surface area contributed by atoms with Crippen molar-refractivity contribution in [3.8, 4) is 11.8 Å². The maximum Gasteiger partial charge on any atom is 0.459 e. The first-order chi connectivity index (χ1) is 22.4. The Morgan fingerprint density at radius 2 is 1.85 bits per heavy atom. The molecule has 0 spiro atoms. The van der Waals surface area contributed by atoms with Crippen molar-refractivity contribution < 1.29 is 42.5 Å². The van der Waals surface area contributed by atoms with Gasteiger partial charge in [-0.15, -0.1) is 0 Å². The normalized spacial score (nSPS) is 25.1. The number of benzene rings is 1. The molecule has 2 fully saturated rings. The van der Waals surface area contributed by atoms with Gasteiger partial charge in [0.25, 0.3) is 0 Å². The maximum absolute atomic E-state index is 14.3. The zero-order valence-electron chi connectivity index (χ0n) is 26.5. The molecule has 0 bridgehead atoms. The number of nitriles is 1. The van der Waals surface area contributed by atoms with E-state index in [-0.39, 0.29) is 11.9 Å². The van der Waals surface area contributed by atoms with Crippen LogP contribution in [0.25, 0.3) is 5.52 Å². The number of aromatic nitrogens is 2. The Hall–Kier alpha value is -3.99. The fraction of sp³-hybridized carbons (Fsp3) is 0.500. The molecule has 252 valence electrons. The molecule has 1 aliphatic carbocycles. The lowest BCUT2D eigenvalue weighted by atomic mass is 9.96. The lowest BCUT2D eigenvalue weighted by Crippen LogP contribution is -2.47. The van der Waals surface area contributed by atoms with Gasteiger partial charge >= 0.3 is 19.7 Å². The molecule has 2 aliphatic rings. The average Bonchev–Trinajstić information content (AvgIpc) is 3.61. The van der Waals surface area contributed by atoms with Gasteiger partial charge in [0.15, 0.2) is 6.10 Å². The van der Waals surface area contributed by atoms with E-state index in [4.69, 9.17) is 29.0 Å². The highest BCUT2D eigenvalue weighted by molar-refractivity contribution is 7.52. The number of carbonyl (C=O) groups is 2. The van der Waals surface area contributed by atoms with Crippen molar-refractivity contribution in [1.29, 1.82) is 5.26 Å². The van der Waals surface area contributed by atoms with Crippen molar-refractivity contribution in [3.05, 3.63) is 60.4 Å². The minimum atomic E-state index is -4.46. The quantitative estimate of drug-likeness (QED) is 0.183. The van der Waals surface area contributed by atoms with Crippen LogP contribution >= 0.6 is 7.75 Å². The highest BCUT2D eigenvalue weighted by Gasteiger charge is 2.59. The third-order valence-corrected chi connectivity index (χ3v) is 9.83. The number of hydrogen-bond donors (Lipinski definition) is 3. The first kappa shape index (κ1) is 34.3. The minimum absolute atomic E-state index is 0.153. The highest BCUT2D eigenvalue weighted by atomic mass is 31.2. The summed E-state index contributed by atoms with van der Waals surface area (Å²) in [6, 6.07) is 13.8. The van der Waals surface area contributed by atoms with Gasteiger partial charge in [-0.1, -0.05) is 38.5 Å². The maximum atomic E-state index is 14.3. The number of nitrogens with zero attached hydrogens (tertiary/aromatic N) is 3. The predicted molar refractivity (Wildman–Crippen MR) is 169 cm³/mol. The average molecular weight is 670 g/mol. The second kappa shape index (κ2) is 14.4. The molecule has 14 nitrogen and oxygen atoms in total. The summed E-state index contributed by atoms with van der Waals surface area (Å²) >= 11 is 0. The Morgan fingerprint density at radius 1 is 1.13 bits per heavy atom. The molecule has 0 radical (unpaired) electrons. The fourth-order valence-electron chi connectivity index (χ4n) is 5.57. The summed E-state index contributed by atoms with van der Waals surface area (Å²) in [5, 5.41) is 29.0. The third-order valence-electron chi connectivity index (χ3n) is 8.20. The predicted octanol–water partition coefficient (Wildman–Crippen LogP) is 4.24. The number of nitrogen functional groups attached to an aromatic ring is 1. The van der Waals surface area contributed by atoms with E-state index in [0.29, 0.717) is 16.9 Å². The minimum Gasteiger partial charge on any atom is -0.461 e. The van der Waals surface area contributed by atoms with Crippen LogP contribution in [0.15, 0.2) is 54.7 Å². The van der Waals surface area contributed by atoms with Crippen molar-refractivity contribution in [2.75, 3.05) is 12.3 Å². The van der Waals surface area contributed by atoms with Gasteiger partial charge in [-0.25, -0.2) is 9.08 Å². The summed E-state index contributed by atoms with van der Waals surface area (Å²) in [6.45, 7) is 3.90. The summed E-state index contributed by atoms with van der Waals surface area (Å²) in [5.41, 5.74) is 5.18. The van der Waals surface area contributed by atoms with Crippen LogP contribution in [0.2, 0.25) is 0 Å². The fourth-order valence-corrected chi connectivity index (χ4v) is 7.09. The molecule has 4 N–H and O–H groups in total. The topological polar surface area (TPSA) is 197 Å². The number of ether oxygens (including phenoxy) is 3. The number of rotatable bonds is 12. The number of fused-ring (bicyclic) bond motifs is 1. The van der Waals surface area contributed by atoms with Gasteiger partial charge in [0.2, 0.25) is 5.60 Å². The molecule has 15 heteroatoms. The van der Waals surface area contributed by atoms with Crippen molar-refractivity contribution in [1.82, 2.24) is 14.7 Å². The number of anilines is 1. The van der Waals surface area contributed by atoms with E-state index in [2.05, 4.69) is 10.2 Å². The summed E-state index contributed by atoms with van der Waals surface area (Å²) in [6.07, 6.45) is 1.33. The summed E-state index contributed by atoms with van der Waals surface area (Å²) in [5.74, 6) is -1.69. The number of para-hydroxylation sites is 1. The number of carbonyl (C=O) groups excluding carboxylic acids is 2. The molecule has 1 aliphatic heterocycles. The molecule has 6 atom stereocenters. The Kier molecular flexibility index (Phi) is 10.5. The van der Waals surface area contributed by atoms with Gasteiger partial charge in [0, 0.05) is 6.20 Å². The number of aliphatic hydroxyl groups excluding tert-OH is 1. The largest absolute Gasteiger partial charge is 0.461 e. The first-order valence-corrected chi connectivity index (χ1v) is 17.2. The molecule has 47 heavy (non-hydrogen) atoms. The van der Waals surface area contributed by atoms with Crippen molar-refractivity contribution >= 4 is 30.9 Å². The van der Waals surface area contributed by atoms with E-state index in [1.807, 2.05) is 6.07 Å². The van der Waals surface area contributed by atoms with Gasteiger partial charge in [-0.05, 0) is 62.9 Å². The third kappa shape index (κ3) is 7.61. The van der Waals surface area contributed by atoms with E-state index >= 15 is 0 Å². The zero-order valence-corrected chi connectivity index (χ0v) is 27.4. The smallest absolute Gasteiger partial charge is 0.459 e. The van der Waals surface area contributed by atoms with E-state index in [0.717, 1.165) is 32.1 Å². The second-order valence-corrected chi connectivity index (χ2v) is 13.8. The van der Waals surface area contributed by atoms with Crippen molar-refractivity contribution in [2.24, 2.45) is 5.92 Å². The molecule has 0 amide bonds. The molecular weight excluding hydrogens is 629 g/mol. The van der Waals surface area contributed by atoms with E-state index in [1.54, 1.807) is 50.2 Å². The van der Waals surface area contributed by atoms with Crippen molar-refractivity contribution in [3.63, 3.8) is 0 Å². The Bertz CT molecular complexity index is 1660. The molecule has 1 saturated carbocycles. The van der Waals surface area contributed by atoms with Crippen LogP contribution in [-0.4, -0.2) is 63.2 Å². The van der Waals surface area contributed by atoms with Crippen LogP contribution < -0.4 is 15.3 Å². The van der Waals surface area contributed by atoms with Gasteiger partial charge in [-0.2, -0.15) is 15.4 Å². The molecule has 3 heterocycles. The Labute approximate surface area is 272 Å². The van der Waals surface area contributed by atoms with Crippen LogP contribution in [0.1, 0.15) is 64.7 Å². The molecule has 1 saturated heterocycles. The number of esters is 2. The van der Waals surface area contributed by atoms with Crippen LogP contribution in [0.3, 0.4) is 0 Å². The Balaban J connectivity index is 1.42. The van der Waals surface area contributed by atoms with E-state index < -0.39 is 62.2 Å². The number of nitrogens with two attached hydrogens (primary N) is 1. The first-order valence-electron chi connectivity index (χ1n) is 15.6. The molecule has 2 aromatic heterocycles. The van der Waals surface area contributed by atoms with Crippen LogP contribution in [-0.2, 0) is 32.9 Å². The van der Waals surface area contributed by atoms with Crippen LogP contribution in [0.5, 0.6) is 5.75 Å². The molecule has 5 rings (SSSR count). The number of aliphatic hydroxyl groups is 1. The lowest BCUT2D eigenvalue weighted by Gasteiger charge is -2.29. The summed E-state index contributed by atoms with van der Waals surface area (Å²) in [7, 11) is -4.46. The zero-order chi connectivity index (χ0) is 33.8. The molecule has 1 unspecified atom stereocenters. The number of hydrogen-bond acceptors (Lipinski definition) is 12. The van der Waals surface area contributed by atoms with Crippen LogP contribution in [0.4, 0.5) is 5.69 Å². The monoisotopic (exact) mass is 669 g/mol. The van der Waals surface area contributed by atoms with Crippen molar-refractivity contribution in [2.45, 2.75) is 88.9 Å². The van der Waals surface area contributed by atoms with Crippen LogP contribution in [0, 0.1) is 17.2 Å². The SMILES string of the molecule is CC(C)C(=O)O[C@H]1[C@H](c2ccc3c(N)ccnn23)O[C@](C#N)(COP(=O)(N[C@@H](C)C(=O)OC2CCCCC2)Oc2ccccc2)[C@H]1O. The molecule has 3 aromatic rings. The number of nitrogens with one attached hydrogen (secondary N) is 1. The standard InChI is InChI=1S/C32H40N5O9P/c1-20(2)30(39)44-28-27(26-15-14-25-24(34)16-17-35-37(25)26)45-32(18-33,29(28)38)19-42-47(41,46-23-12-8-5-9-13-23)36-21(3)31(40)43-22-10-6-4-7-11-22/h5,8-9,12-17,20-22,27-29,38H,4,6-7,10-11,19,34H2,1-3H3,(H,36,41)/t21-,27-,28-,29-,32+,47?/m0/s1. The summed E-state index contributed by atoms with van der Waals surface area (Å²) in [4.78, 5) is 25.7. The Morgan fingerprint density at radius 3 is 2.53 bits per heavy atom. The molecule has 1 aromatic carbocycles. The van der Waals surface area contributed by atoms with Gasteiger partial charge in [-0.3, -0.25) is 14.1 Å². The summed E-state index contributed by atoms with van der Waals surface area (Å²) < 4.78 is 44.8. The highest BCUT2D eigenvalue weighted by Crippen LogP contribution is 2.49. The van der Waals surface area contributed by atoms with E-state index in [9.17, 15) is 24.5 Å².